The average Bonchev–Trinajstić information content (AvgIpc) is 2.61. The molecule has 3 heteroatoms. The summed E-state index contributed by atoms with van der Waals surface area (Å²) in [4.78, 5) is 8.97. The van der Waals surface area contributed by atoms with Crippen LogP contribution in [0.4, 0.5) is 0 Å². The molecule has 1 heterocycles. The van der Waals surface area contributed by atoms with Gasteiger partial charge in [0.15, 0.2) is 5.82 Å². The molecule has 3 aromatic rings. The van der Waals surface area contributed by atoms with Crippen molar-refractivity contribution >= 4 is 0 Å². The van der Waals surface area contributed by atoms with Gasteiger partial charge < -0.3 is 5.11 Å². The van der Waals surface area contributed by atoms with Crippen LogP contribution < -0.4 is 0 Å². The van der Waals surface area contributed by atoms with E-state index in [2.05, 4.69) is 68.2 Å². The Morgan fingerprint density at radius 3 is 2.32 bits per heavy atom. The van der Waals surface area contributed by atoms with Crippen LogP contribution in [0.25, 0.3) is 22.6 Å². The van der Waals surface area contributed by atoms with Gasteiger partial charge >= 0.3 is 0 Å². The van der Waals surface area contributed by atoms with Crippen molar-refractivity contribution in [2.24, 2.45) is 0 Å². The van der Waals surface area contributed by atoms with Crippen LogP contribution in [0.3, 0.4) is 0 Å². The Labute approximate surface area is 149 Å². The molecule has 0 spiro atoms. The van der Waals surface area contributed by atoms with Crippen molar-refractivity contribution in [3.8, 4) is 28.5 Å². The van der Waals surface area contributed by atoms with Crippen LogP contribution >= 0.6 is 0 Å². The molecule has 0 amide bonds. The smallest absolute Gasteiger partial charge is 0.214 e. The van der Waals surface area contributed by atoms with Crippen molar-refractivity contribution in [1.29, 1.82) is 0 Å². The quantitative estimate of drug-likeness (QED) is 0.685. The molecule has 0 bridgehead atoms. The number of aryl methyl sites for hydroxylation is 2. The molecular weight excluding hydrogens is 308 g/mol. The van der Waals surface area contributed by atoms with Gasteiger partial charge in [-0.2, -0.15) is 4.98 Å². The largest absolute Gasteiger partial charge is 0.493 e. The highest BCUT2D eigenvalue weighted by Crippen LogP contribution is 2.28. The standard InChI is InChI=1S/C22H24N2O/c1-5-16-7-6-15(4)19(12-16)22-23-20(13-21(25)24-22)18-10-8-17(9-11-18)14(2)3/h6-14H,5H2,1-4H3,(H,23,24,25). The van der Waals surface area contributed by atoms with Crippen molar-refractivity contribution < 1.29 is 5.11 Å². The lowest BCUT2D eigenvalue weighted by Crippen LogP contribution is -1.96. The summed E-state index contributed by atoms with van der Waals surface area (Å²) in [7, 11) is 0. The third-order valence-electron chi connectivity index (χ3n) is 4.54. The van der Waals surface area contributed by atoms with Crippen LogP contribution in [0.15, 0.2) is 48.5 Å². The second kappa shape index (κ2) is 7.06. The number of aromatic hydroxyl groups is 1. The second-order valence-corrected chi connectivity index (χ2v) is 6.71. The molecule has 25 heavy (non-hydrogen) atoms. The number of aromatic nitrogens is 2. The molecule has 1 N–H and O–H groups in total. The Kier molecular flexibility index (Phi) is 4.84. The Hall–Kier alpha value is -2.68. The van der Waals surface area contributed by atoms with E-state index in [1.54, 1.807) is 6.07 Å². The summed E-state index contributed by atoms with van der Waals surface area (Å²) in [5.41, 5.74) is 6.30. The van der Waals surface area contributed by atoms with Crippen LogP contribution in [-0.2, 0) is 6.42 Å². The zero-order valence-corrected chi connectivity index (χ0v) is 15.2. The van der Waals surface area contributed by atoms with Gasteiger partial charge in [0.25, 0.3) is 0 Å². The van der Waals surface area contributed by atoms with Crippen molar-refractivity contribution in [3.05, 3.63) is 65.2 Å². The van der Waals surface area contributed by atoms with Gasteiger partial charge in [-0.05, 0) is 42.0 Å². The monoisotopic (exact) mass is 332 g/mol. The first kappa shape index (κ1) is 17.2. The molecular formula is C22H24N2O. The molecule has 0 saturated heterocycles. The van der Waals surface area contributed by atoms with Gasteiger partial charge in [-0.3, -0.25) is 0 Å². The van der Waals surface area contributed by atoms with E-state index in [1.165, 1.54) is 11.1 Å². The highest BCUT2D eigenvalue weighted by Gasteiger charge is 2.11. The highest BCUT2D eigenvalue weighted by atomic mass is 16.3. The Morgan fingerprint density at radius 1 is 0.960 bits per heavy atom. The minimum absolute atomic E-state index is 0.00534. The SMILES string of the molecule is CCc1ccc(C)c(-c2nc(O)cc(-c3ccc(C(C)C)cc3)n2)c1. The molecule has 0 aliphatic heterocycles. The van der Waals surface area contributed by atoms with Crippen LogP contribution in [0.2, 0.25) is 0 Å². The predicted molar refractivity (Wildman–Crippen MR) is 103 cm³/mol. The van der Waals surface area contributed by atoms with E-state index in [9.17, 15) is 5.11 Å². The number of nitrogens with zero attached hydrogens (tertiary/aromatic N) is 2. The van der Waals surface area contributed by atoms with Crippen molar-refractivity contribution in [2.75, 3.05) is 0 Å². The van der Waals surface area contributed by atoms with Gasteiger partial charge in [0, 0.05) is 17.2 Å². The van der Waals surface area contributed by atoms with E-state index >= 15 is 0 Å². The zero-order chi connectivity index (χ0) is 18.0. The Bertz CT molecular complexity index is 883. The third kappa shape index (κ3) is 3.71. The fourth-order valence-corrected chi connectivity index (χ4v) is 2.87. The van der Waals surface area contributed by atoms with Gasteiger partial charge in [-0.1, -0.05) is 57.2 Å². The first-order chi connectivity index (χ1) is 12.0. The van der Waals surface area contributed by atoms with Gasteiger partial charge in [-0.15, -0.1) is 0 Å². The zero-order valence-electron chi connectivity index (χ0n) is 15.2. The van der Waals surface area contributed by atoms with Gasteiger partial charge in [0.05, 0.1) is 5.69 Å². The fourth-order valence-electron chi connectivity index (χ4n) is 2.87. The molecule has 0 unspecified atom stereocenters. The summed E-state index contributed by atoms with van der Waals surface area (Å²) in [6, 6.07) is 16.3. The van der Waals surface area contributed by atoms with Crippen molar-refractivity contribution in [3.63, 3.8) is 0 Å². The third-order valence-corrected chi connectivity index (χ3v) is 4.54. The molecule has 0 fully saturated rings. The van der Waals surface area contributed by atoms with E-state index < -0.39 is 0 Å². The maximum Gasteiger partial charge on any atom is 0.214 e. The summed E-state index contributed by atoms with van der Waals surface area (Å²) in [6.45, 7) is 8.51. The first-order valence-electron chi connectivity index (χ1n) is 8.76. The molecule has 128 valence electrons. The lowest BCUT2D eigenvalue weighted by Gasteiger charge is -2.10. The molecule has 0 radical (unpaired) electrons. The maximum absolute atomic E-state index is 10.1. The molecule has 0 aliphatic rings. The van der Waals surface area contributed by atoms with E-state index in [0.29, 0.717) is 11.7 Å². The minimum Gasteiger partial charge on any atom is -0.493 e. The summed E-state index contributed by atoms with van der Waals surface area (Å²) in [5, 5.41) is 10.1. The van der Waals surface area contributed by atoms with Crippen LogP contribution in [-0.4, -0.2) is 15.1 Å². The van der Waals surface area contributed by atoms with Gasteiger partial charge in [-0.25, -0.2) is 4.98 Å². The fraction of sp³-hybridized carbons (Fsp3) is 0.273. The van der Waals surface area contributed by atoms with E-state index in [-0.39, 0.29) is 5.88 Å². The molecule has 0 aliphatic carbocycles. The number of hydrogen-bond donors (Lipinski definition) is 1. The summed E-state index contributed by atoms with van der Waals surface area (Å²) in [5.74, 6) is 1.05. The second-order valence-electron chi connectivity index (χ2n) is 6.71. The van der Waals surface area contributed by atoms with Gasteiger partial charge in [0.1, 0.15) is 0 Å². The van der Waals surface area contributed by atoms with Crippen molar-refractivity contribution in [1.82, 2.24) is 9.97 Å². The minimum atomic E-state index is -0.00534. The summed E-state index contributed by atoms with van der Waals surface area (Å²) < 4.78 is 0. The van der Waals surface area contributed by atoms with Gasteiger partial charge in [0.2, 0.25) is 5.88 Å². The number of benzene rings is 2. The molecule has 1 aromatic heterocycles. The first-order valence-corrected chi connectivity index (χ1v) is 8.76. The molecule has 0 saturated carbocycles. The lowest BCUT2D eigenvalue weighted by atomic mass is 10.0. The number of hydrogen-bond acceptors (Lipinski definition) is 3. The van der Waals surface area contributed by atoms with Crippen LogP contribution in [0.1, 0.15) is 43.4 Å². The molecule has 2 aromatic carbocycles. The molecule has 3 nitrogen and oxygen atoms in total. The predicted octanol–water partition coefficient (Wildman–Crippen LogP) is 5.51. The van der Waals surface area contributed by atoms with E-state index in [4.69, 9.17) is 4.98 Å². The Morgan fingerprint density at radius 2 is 1.68 bits per heavy atom. The summed E-state index contributed by atoms with van der Waals surface area (Å²) >= 11 is 0. The van der Waals surface area contributed by atoms with E-state index in [1.807, 2.05) is 6.92 Å². The van der Waals surface area contributed by atoms with Crippen molar-refractivity contribution in [2.45, 2.75) is 40.0 Å². The maximum atomic E-state index is 10.1. The normalized spacial score (nSPS) is 11.1. The van der Waals surface area contributed by atoms with Crippen LogP contribution in [0, 0.1) is 6.92 Å². The molecule has 3 rings (SSSR count). The van der Waals surface area contributed by atoms with Crippen LogP contribution in [0.5, 0.6) is 5.88 Å². The molecule has 0 atom stereocenters. The highest BCUT2D eigenvalue weighted by molar-refractivity contribution is 5.67. The number of rotatable bonds is 4. The summed E-state index contributed by atoms with van der Waals surface area (Å²) in [6.07, 6.45) is 0.954. The topological polar surface area (TPSA) is 46.0 Å². The lowest BCUT2D eigenvalue weighted by molar-refractivity contribution is 0.453. The average molecular weight is 332 g/mol. The van der Waals surface area contributed by atoms with E-state index in [0.717, 1.165) is 28.8 Å². The Balaban J connectivity index is 2.07.